The summed E-state index contributed by atoms with van der Waals surface area (Å²) in [4.78, 5) is 2.53. The summed E-state index contributed by atoms with van der Waals surface area (Å²) in [5.74, 6) is 2.39. The molecule has 24 heavy (non-hydrogen) atoms. The Hall–Kier alpha value is -1.30. The molecule has 3 aliphatic rings. The van der Waals surface area contributed by atoms with E-state index in [4.69, 9.17) is 18.9 Å². The first-order valence-corrected chi connectivity index (χ1v) is 9.03. The smallest absolute Gasteiger partial charge is 0.231 e. The zero-order valence-electron chi connectivity index (χ0n) is 14.5. The highest BCUT2D eigenvalue weighted by molar-refractivity contribution is 5.44. The molecular weight excluding hydrogens is 306 g/mol. The minimum atomic E-state index is 0.101. The molecule has 0 aromatic heterocycles. The summed E-state index contributed by atoms with van der Waals surface area (Å²) in [6, 6.07) is 6.27. The molecule has 5 nitrogen and oxygen atoms in total. The van der Waals surface area contributed by atoms with Crippen LogP contribution in [0.15, 0.2) is 18.2 Å². The Morgan fingerprint density at radius 1 is 1.21 bits per heavy atom. The number of likely N-dealkylation sites (tertiary alicyclic amines) is 1. The SMILES string of the molecule is COCC[C@H]1CCOC12CCN(Cc1ccc3c(c1)OCO3)CC2. The van der Waals surface area contributed by atoms with Crippen molar-refractivity contribution in [2.24, 2.45) is 5.92 Å². The van der Waals surface area contributed by atoms with Crippen molar-refractivity contribution in [1.29, 1.82) is 0 Å². The first-order chi connectivity index (χ1) is 11.8. The fourth-order valence-electron chi connectivity index (χ4n) is 4.39. The summed E-state index contributed by atoms with van der Waals surface area (Å²) in [6.45, 7) is 5.25. The van der Waals surface area contributed by atoms with Gasteiger partial charge in [0.1, 0.15) is 0 Å². The Labute approximate surface area is 143 Å². The Balaban J connectivity index is 1.34. The van der Waals surface area contributed by atoms with E-state index in [0.29, 0.717) is 12.7 Å². The lowest BCUT2D eigenvalue weighted by Crippen LogP contribution is -2.47. The number of hydrogen-bond donors (Lipinski definition) is 0. The maximum atomic E-state index is 6.23. The van der Waals surface area contributed by atoms with Crippen molar-refractivity contribution < 1.29 is 18.9 Å². The van der Waals surface area contributed by atoms with Crippen LogP contribution in [-0.2, 0) is 16.0 Å². The second kappa shape index (κ2) is 6.90. The fraction of sp³-hybridized carbons (Fsp3) is 0.684. The second-order valence-corrected chi connectivity index (χ2v) is 7.14. The predicted octanol–water partition coefficient (Wildman–Crippen LogP) is 2.82. The number of nitrogens with zero attached hydrogens (tertiary/aromatic N) is 1. The average molecular weight is 333 g/mol. The van der Waals surface area contributed by atoms with Gasteiger partial charge in [-0.25, -0.2) is 0 Å². The molecule has 3 heterocycles. The van der Waals surface area contributed by atoms with Crippen LogP contribution in [0.25, 0.3) is 0 Å². The van der Waals surface area contributed by atoms with Gasteiger partial charge in [-0.15, -0.1) is 0 Å². The Bertz CT molecular complexity index is 568. The number of hydrogen-bond acceptors (Lipinski definition) is 5. The van der Waals surface area contributed by atoms with Gasteiger partial charge in [0.15, 0.2) is 11.5 Å². The van der Waals surface area contributed by atoms with Crippen LogP contribution in [0.3, 0.4) is 0 Å². The maximum Gasteiger partial charge on any atom is 0.231 e. The molecule has 1 atom stereocenters. The average Bonchev–Trinajstić information content (AvgIpc) is 3.22. The number of piperidine rings is 1. The van der Waals surface area contributed by atoms with Crippen LogP contribution in [0.5, 0.6) is 11.5 Å². The first kappa shape index (κ1) is 16.2. The molecule has 0 saturated carbocycles. The van der Waals surface area contributed by atoms with Crippen molar-refractivity contribution >= 4 is 0 Å². The molecule has 0 aliphatic carbocycles. The molecule has 4 rings (SSSR count). The second-order valence-electron chi connectivity index (χ2n) is 7.14. The number of ether oxygens (including phenoxy) is 4. The van der Waals surface area contributed by atoms with E-state index in [1.54, 1.807) is 7.11 Å². The van der Waals surface area contributed by atoms with Crippen LogP contribution in [-0.4, -0.2) is 50.7 Å². The molecule has 2 saturated heterocycles. The molecule has 1 aromatic rings. The minimum absolute atomic E-state index is 0.101. The maximum absolute atomic E-state index is 6.23. The lowest BCUT2D eigenvalue weighted by atomic mass is 9.78. The number of methoxy groups -OCH3 is 1. The van der Waals surface area contributed by atoms with Crippen LogP contribution in [0, 0.1) is 5.92 Å². The zero-order valence-corrected chi connectivity index (χ0v) is 14.5. The van der Waals surface area contributed by atoms with Crippen molar-refractivity contribution in [2.75, 3.05) is 40.2 Å². The van der Waals surface area contributed by atoms with Crippen LogP contribution < -0.4 is 9.47 Å². The summed E-state index contributed by atoms with van der Waals surface area (Å²) < 4.78 is 22.4. The third-order valence-electron chi connectivity index (χ3n) is 5.82. The molecule has 2 fully saturated rings. The van der Waals surface area contributed by atoms with E-state index >= 15 is 0 Å². The number of fused-ring (bicyclic) bond motifs is 1. The molecule has 0 N–H and O–H groups in total. The van der Waals surface area contributed by atoms with E-state index in [0.717, 1.165) is 63.6 Å². The van der Waals surface area contributed by atoms with E-state index < -0.39 is 0 Å². The summed E-state index contributed by atoms with van der Waals surface area (Å²) in [7, 11) is 1.79. The van der Waals surface area contributed by atoms with Crippen LogP contribution in [0.4, 0.5) is 0 Å². The molecule has 132 valence electrons. The van der Waals surface area contributed by atoms with Gasteiger partial charge < -0.3 is 18.9 Å². The van der Waals surface area contributed by atoms with Gasteiger partial charge in [-0.1, -0.05) is 6.07 Å². The van der Waals surface area contributed by atoms with Crippen molar-refractivity contribution in [3.63, 3.8) is 0 Å². The van der Waals surface area contributed by atoms with Crippen molar-refractivity contribution in [3.05, 3.63) is 23.8 Å². The highest BCUT2D eigenvalue weighted by Crippen LogP contribution is 2.42. The molecule has 0 amide bonds. The van der Waals surface area contributed by atoms with Crippen molar-refractivity contribution in [1.82, 2.24) is 4.90 Å². The summed E-state index contributed by atoms with van der Waals surface area (Å²) in [6.07, 6.45) is 4.57. The number of benzene rings is 1. The van der Waals surface area contributed by atoms with Gasteiger partial charge in [0.2, 0.25) is 6.79 Å². The Morgan fingerprint density at radius 3 is 2.88 bits per heavy atom. The quantitative estimate of drug-likeness (QED) is 0.829. The van der Waals surface area contributed by atoms with E-state index in [9.17, 15) is 0 Å². The molecule has 5 heteroatoms. The van der Waals surface area contributed by atoms with Gasteiger partial charge in [0.25, 0.3) is 0 Å². The summed E-state index contributed by atoms with van der Waals surface area (Å²) >= 11 is 0. The van der Waals surface area contributed by atoms with Gasteiger partial charge in [-0.2, -0.15) is 0 Å². The van der Waals surface area contributed by atoms with Crippen LogP contribution in [0.2, 0.25) is 0 Å². The highest BCUT2D eigenvalue weighted by atomic mass is 16.7. The molecule has 3 aliphatic heterocycles. The van der Waals surface area contributed by atoms with E-state index in [2.05, 4.69) is 17.0 Å². The molecule has 0 unspecified atom stereocenters. The lowest BCUT2D eigenvalue weighted by molar-refractivity contribution is -0.0721. The predicted molar refractivity (Wildman–Crippen MR) is 90.4 cm³/mol. The normalized spacial score (nSPS) is 25.5. The Morgan fingerprint density at radius 2 is 2.04 bits per heavy atom. The van der Waals surface area contributed by atoms with Gasteiger partial charge >= 0.3 is 0 Å². The van der Waals surface area contributed by atoms with Gasteiger partial charge in [-0.05, 0) is 49.3 Å². The van der Waals surface area contributed by atoms with Crippen LogP contribution >= 0.6 is 0 Å². The number of rotatable bonds is 5. The lowest BCUT2D eigenvalue weighted by Gasteiger charge is -2.42. The first-order valence-electron chi connectivity index (χ1n) is 9.03. The zero-order chi connectivity index (χ0) is 16.4. The molecule has 1 aromatic carbocycles. The van der Waals surface area contributed by atoms with E-state index in [1.165, 1.54) is 12.0 Å². The molecule has 0 radical (unpaired) electrons. The van der Waals surface area contributed by atoms with Crippen molar-refractivity contribution in [2.45, 2.75) is 37.8 Å². The minimum Gasteiger partial charge on any atom is -0.454 e. The van der Waals surface area contributed by atoms with Gasteiger partial charge in [-0.3, -0.25) is 4.90 Å². The molecule has 1 spiro atoms. The largest absolute Gasteiger partial charge is 0.454 e. The third-order valence-corrected chi connectivity index (χ3v) is 5.82. The Kier molecular flexibility index (Phi) is 4.66. The molecular formula is C19H27NO4. The van der Waals surface area contributed by atoms with E-state index in [-0.39, 0.29) is 5.60 Å². The third kappa shape index (κ3) is 3.13. The highest BCUT2D eigenvalue weighted by Gasteiger charge is 2.45. The summed E-state index contributed by atoms with van der Waals surface area (Å²) in [5, 5.41) is 0. The van der Waals surface area contributed by atoms with Crippen LogP contribution in [0.1, 0.15) is 31.2 Å². The van der Waals surface area contributed by atoms with E-state index in [1.807, 2.05) is 6.07 Å². The van der Waals surface area contributed by atoms with Gasteiger partial charge in [0, 0.05) is 40.0 Å². The monoisotopic (exact) mass is 333 g/mol. The van der Waals surface area contributed by atoms with Gasteiger partial charge in [0.05, 0.1) is 5.60 Å². The molecule has 0 bridgehead atoms. The van der Waals surface area contributed by atoms with Crippen molar-refractivity contribution in [3.8, 4) is 11.5 Å². The fourth-order valence-corrected chi connectivity index (χ4v) is 4.39. The topological polar surface area (TPSA) is 40.2 Å². The summed E-state index contributed by atoms with van der Waals surface area (Å²) in [5.41, 5.74) is 1.39. The standard InChI is InChI=1S/C19H27NO4/c1-21-10-4-16-5-11-24-19(16)6-8-20(9-7-19)13-15-2-3-17-18(12-15)23-14-22-17/h2-3,12,16H,4-11,13-14H2,1H3/t16-/m0/s1.